The zero-order valence-electron chi connectivity index (χ0n) is 17.7. The Balaban J connectivity index is 1.60. The van der Waals surface area contributed by atoms with E-state index in [4.69, 9.17) is 14.6 Å². The first-order chi connectivity index (χ1) is 14.0. The molecule has 0 bridgehead atoms. The third-order valence-corrected chi connectivity index (χ3v) is 6.82. The Bertz CT molecular complexity index is 976. The number of nitrogens with zero attached hydrogens (tertiary/aromatic N) is 3. The Hall–Kier alpha value is -2.53. The van der Waals surface area contributed by atoms with E-state index in [1.165, 1.54) is 22.3 Å². The van der Waals surface area contributed by atoms with Gasteiger partial charge in [0, 0.05) is 37.9 Å². The molecule has 1 spiro atoms. The molecule has 1 fully saturated rings. The molecule has 0 N–H and O–H groups in total. The number of ether oxygens (including phenoxy) is 2. The molecule has 2 aromatic carbocycles. The molecule has 2 aromatic rings. The highest BCUT2D eigenvalue weighted by molar-refractivity contribution is 6.02. The van der Waals surface area contributed by atoms with Crippen molar-refractivity contribution in [2.24, 2.45) is 5.10 Å². The number of piperidine rings is 1. The van der Waals surface area contributed by atoms with Gasteiger partial charge in [-0.15, -0.1) is 0 Å². The van der Waals surface area contributed by atoms with E-state index in [2.05, 4.69) is 61.1 Å². The molecule has 5 rings (SSSR count). The van der Waals surface area contributed by atoms with Crippen molar-refractivity contribution in [3.63, 3.8) is 0 Å². The number of aryl methyl sites for hydroxylation is 2. The fourth-order valence-electron chi connectivity index (χ4n) is 4.82. The van der Waals surface area contributed by atoms with Crippen LogP contribution in [0.5, 0.6) is 11.5 Å². The van der Waals surface area contributed by atoms with Gasteiger partial charge in [0.2, 0.25) is 5.72 Å². The summed E-state index contributed by atoms with van der Waals surface area (Å²) in [6, 6.07) is 13.1. The minimum Gasteiger partial charge on any atom is -0.493 e. The molecular formula is C24H29N3O2. The van der Waals surface area contributed by atoms with Crippen LogP contribution in [-0.4, -0.2) is 48.6 Å². The summed E-state index contributed by atoms with van der Waals surface area (Å²) in [5, 5.41) is 7.44. The van der Waals surface area contributed by atoms with Crippen LogP contribution in [0.1, 0.15) is 47.6 Å². The quantitative estimate of drug-likeness (QED) is 0.766. The second kappa shape index (κ2) is 6.77. The number of para-hydroxylation sites is 1. The van der Waals surface area contributed by atoms with Crippen LogP contribution in [0.4, 0.5) is 0 Å². The van der Waals surface area contributed by atoms with E-state index in [-0.39, 0.29) is 6.04 Å². The highest BCUT2D eigenvalue weighted by Crippen LogP contribution is 2.52. The smallest absolute Gasteiger partial charge is 0.200 e. The maximum absolute atomic E-state index is 6.74. The number of benzene rings is 2. The fourth-order valence-corrected chi connectivity index (χ4v) is 4.82. The van der Waals surface area contributed by atoms with Crippen molar-refractivity contribution in [3.05, 3.63) is 58.7 Å². The van der Waals surface area contributed by atoms with E-state index < -0.39 is 5.72 Å². The van der Waals surface area contributed by atoms with Gasteiger partial charge in [-0.3, -0.25) is 0 Å². The average molecular weight is 392 g/mol. The fraction of sp³-hybridized carbons (Fsp3) is 0.458. The molecule has 29 heavy (non-hydrogen) atoms. The molecule has 0 amide bonds. The van der Waals surface area contributed by atoms with Crippen molar-refractivity contribution in [2.45, 2.75) is 44.9 Å². The molecule has 1 atom stereocenters. The molecule has 3 aliphatic heterocycles. The third kappa shape index (κ3) is 2.91. The van der Waals surface area contributed by atoms with Gasteiger partial charge in [0.05, 0.1) is 18.9 Å². The molecular weight excluding hydrogens is 362 g/mol. The Morgan fingerprint density at radius 2 is 1.90 bits per heavy atom. The molecule has 0 saturated carbocycles. The van der Waals surface area contributed by atoms with Gasteiger partial charge in [0.15, 0.2) is 11.5 Å². The van der Waals surface area contributed by atoms with Crippen LogP contribution < -0.4 is 9.47 Å². The Morgan fingerprint density at radius 3 is 2.62 bits per heavy atom. The van der Waals surface area contributed by atoms with E-state index in [0.29, 0.717) is 0 Å². The lowest BCUT2D eigenvalue weighted by atomic mass is 9.90. The number of fused-ring (bicyclic) bond motifs is 4. The Morgan fingerprint density at radius 1 is 1.10 bits per heavy atom. The summed E-state index contributed by atoms with van der Waals surface area (Å²) in [5.41, 5.74) is 5.76. The largest absolute Gasteiger partial charge is 0.493 e. The predicted molar refractivity (Wildman–Crippen MR) is 115 cm³/mol. The van der Waals surface area contributed by atoms with Crippen molar-refractivity contribution in [3.8, 4) is 11.5 Å². The van der Waals surface area contributed by atoms with Gasteiger partial charge in [0.25, 0.3) is 0 Å². The maximum Gasteiger partial charge on any atom is 0.200 e. The van der Waals surface area contributed by atoms with Crippen LogP contribution in [0, 0.1) is 13.8 Å². The summed E-state index contributed by atoms with van der Waals surface area (Å²) in [5.74, 6) is 1.72. The molecule has 0 aromatic heterocycles. The van der Waals surface area contributed by atoms with Crippen LogP contribution in [0.3, 0.4) is 0 Å². The normalized spacial score (nSPS) is 22.7. The van der Waals surface area contributed by atoms with Gasteiger partial charge in [-0.2, -0.15) is 5.10 Å². The van der Waals surface area contributed by atoms with Gasteiger partial charge >= 0.3 is 0 Å². The third-order valence-electron chi connectivity index (χ3n) is 6.82. The molecule has 3 heterocycles. The molecule has 152 valence electrons. The molecule has 0 unspecified atom stereocenters. The van der Waals surface area contributed by atoms with Gasteiger partial charge in [-0.25, -0.2) is 5.01 Å². The van der Waals surface area contributed by atoms with Crippen LogP contribution in [-0.2, 0) is 0 Å². The minimum atomic E-state index is -0.402. The lowest BCUT2D eigenvalue weighted by Gasteiger charge is -2.50. The van der Waals surface area contributed by atoms with E-state index >= 15 is 0 Å². The van der Waals surface area contributed by atoms with Crippen molar-refractivity contribution < 1.29 is 9.47 Å². The topological polar surface area (TPSA) is 37.3 Å². The zero-order valence-corrected chi connectivity index (χ0v) is 17.7. The summed E-state index contributed by atoms with van der Waals surface area (Å²) in [7, 11) is 3.90. The van der Waals surface area contributed by atoms with Gasteiger partial charge in [-0.05, 0) is 49.7 Å². The van der Waals surface area contributed by atoms with Gasteiger partial charge in [0.1, 0.15) is 0 Å². The monoisotopic (exact) mass is 391 g/mol. The van der Waals surface area contributed by atoms with E-state index in [9.17, 15) is 0 Å². The first-order valence-electron chi connectivity index (χ1n) is 10.5. The number of hydrogen-bond acceptors (Lipinski definition) is 5. The predicted octanol–water partition coefficient (Wildman–Crippen LogP) is 4.28. The lowest BCUT2D eigenvalue weighted by molar-refractivity contribution is -0.148. The van der Waals surface area contributed by atoms with E-state index in [0.717, 1.165) is 49.6 Å². The molecule has 0 aliphatic carbocycles. The summed E-state index contributed by atoms with van der Waals surface area (Å²) in [6.45, 7) is 6.33. The SMILES string of the molecule is COc1cccc2c1OC1(CCN(C)CC1)N1N=C(c3ccc(C)c(C)c3)C[C@@H]21. The molecule has 1 saturated heterocycles. The second-order valence-electron chi connectivity index (χ2n) is 8.64. The van der Waals surface area contributed by atoms with Crippen molar-refractivity contribution in [1.29, 1.82) is 0 Å². The van der Waals surface area contributed by atoms with E-state index in [1.807, 2.05) is 6.07 Å². The summed E-state index contributed by atoms with van der Waals surface area (Å²) in [4.78, 5) is 2.37. The summed E-state index contributed by atoms with van der Waals surface area (Å²) >= 11 is 0. The highest BCUT2D eigenvalue weighted by Gasteiger charge is 2.52. The lowest BCUT2D eigenvalue weighted by Crippen LogP contribution is -2.58. The van der Waals surface area contributed by atoms with Gasteiger partial charge < -0.3 is 14.4 Å². The number of methoxy groups -OCH3 is 1. The number of hydrogen-bond donors (Lipinski definition) is 0. The summed E-state index contributed by atoms with van der Waals surface area (Å²) in [6.07, 6.45) is 2.76. The van der Waals surface area contributed by atoms with Gasteiger partial charge in [-0.1, -0.05) is 24.3 Å². The number of hydrazone groups is 1. The molecule has 5 nitrogen and oxygen atoms in total. The Labute approximate surface area is 172 Å². The first kappa shape index (κ1) is 18.5. The van der Waals surface area contributed by atoms with Crippen molar-refractivity contribution in [2.75, 3.05) is 27.2 Å². The maximum atomic E-state index is 6.74. The minimum absolute atomic E-state index is 0.189. The summed E-state index contributed by atoms with van der Waals surface area (Å²) < 4.78 is 12.4. The zero-order chi connectivity index (χ0) is 20.2. The van der Waals surface area contributed by atoms with Crippen LogP contribution in [0.15, 0.2) is 41.5 Å². The number of likely N-dealkylation sites (tertiary alicyclic amines) is 1. The van der Waals surface area contributed by atoms with E-state index in [1.54, 1.807) is 7.11 Å². The molecule has 3 aliphatic rings. The highest BCUT2D eigenvalue weighted by atomic mass is 16.5. The number of rotatable bonds is 2. The second-order valence-corrected chi connectivity index (χ2v) is 8.64. The average Bonchev–Trinajstić information content (AvgIpc) is 3.19. The van der Waals surface area contributed by atoms with Crippen LogP contribution >= 0.6 is 0 Å². The van der Waals surface area contributed by atoms with Crippen LogP contribution in [0.2, 0.25) is 0 Å². The molecule has 5 heteroatoms. The van der Waals surface area contributed by atoms with Crippen molar-refractivity contribution in [1.82, 2.24) is 9.91 Å². The standard InChI is InChI=1S/C24H29N3O2/c1-16-8-9-18(14-17(16)2)20-15-21-19-6-5-7-22(28-4)23(19)29-24(27(21)25-20)10-12-26(3)13-11-24/h5-9,14,21H,10-13,15H2,1-4H3/t21-/m0/s1. The van der Waals surface area contributed by atoms with Crippen molar-refractivity contribution >= 4 is 5.71 Å². The first-order valence-corrected chi connectivity index (χ1v) is 10.5. The molecule has 0 radical (unpaired) electrons. The Kier molecular flexibility index (Phi) is 4.32. The van der Waals surface area contributed by atoms with Crippen LogP contribution in [0.25, 0.3) is 0 Å².